The first-order valence-corrected chi connectivity index (χ1v) is 8.46. The molecule has 0 radical (unpaired) electrons. The van der Waals surface area contributed by atoms with Crippen molar-refractivity contribution in [1.29, 1.82) is 0 Å². The summed E-state index contributed by atoms with van der Waals surface area (Å²) in [5, 5.41) is 3.74. The van der Waals surface area contributed by atoms with Gasteiger partial charge in [0.25, 0.3) is 0 Å². The van der Waals surface area contributed by atoms with E-state index in [9.17, 15) is 0 Å². The number of hydrogen-bond acceptors (Lipinski definition) is 3. The smallest absolute Gasteiger partial charge is 0.0197 e. The Balaban J connectivity index is 1.53. The Bertz CT molecular complexity index is 292. The average Bonchev–Trinajstić information content (AvgIpc) is 2.85. The van der Waals surface area contributed by atoms with Crippen LogP contribution >= 0.6 is 0 Å². The highest BCUT2D eigenvalue weighted by Gasteiger charge is 2.35. The molecule has 3 heteroatoms. The zero-order chi connectivity index (χ0) is 13.2. The minimum atomic E-state index is 0.627. The fourth-order valence-corrected chi connectivity index (χ4v) is 4.48. The molecule has 3 unspecified atom stereocenters. The summed E-state index contributed by atoms with van der Waals surface area (Å²) >= 11 is 0. The average molecular weight is 265 g/mol. The van der Waals surface area contributed by atoms with E-state index in [1.54, 1.807) is 0 Å². The van der Waals surface area contributed by atoms with Crippen LogP contribution in [0.5, 0.6) is 0 Å². The lowest BCUT2D eigenvalue weighted by atomic mass is 9.93. The predicted molar refractivity (Wildman–Crippen MR) is 80.5 cm³/mol. The minimum absolute atomic E-state index is 0.627. The molecule has 0 bridgehead atoms. The van der Waals surface area contributed by atoms with Gasteiger partial charge in [-0.3, -0.25) is 4.90 Å². The molecular weight excluding hydrogens is 234 g/mol. The molecule has 0 aromatic heterocycles. The Labute approximate surface area is 118 Å². The van der Waals surface area contributed by atoms with E-state index in [1.165, 1.54) is 64.7 Å². The lowest BCUT2D eigenvalue weighted by Crippen LogP contribution is -2.54. The van der Waals surface area contributed by atoms with Crippen molar-refractivity contribution in [3.8, 4) is 0 Å². The van der Waals surface area contributed by atoms with E-state index in [0.717, 1.165) is 18.1 Å². The topological polar surface area (TPSA) is 18.5 Å². The van der Waals surface area contributed by atoms with Crippen LogP contribution in [0.4, 0.5) is 0 Å². The lowest BCUT2D eigenvalue weighted by Gasteiger charge is -2.44. The van der Waals surface area contributed by atoms with Crippen molar-refractivity contribution in [3.05, 3.63) is 0 Å². The lowest BCUT2D eigenvalue weighted by molar-refractivity contribution is 0.0629. The summed E-state index contributed by atoms with van der Waals surface area (Å²) in [4.78, 5) is 5.55. The monoisotopic (exact) mass is 265 g/mol. The molecule has 1 N–H and O–H groups in total. The summed E-state index contributed by atoms with van der Waals surface area (Å²) in [5.41, 5.74) is 0. The second kappa shape index (κ2) is 6.11. The molecule has 19 heavy (non-hydrogen) atoms. The van der Waals surface area contributed by atoms with Crippen LogP contribution < -0.4 is 5.32 Å². The van der Waals surface area contributed by atoms with Gasteiger partial charge >= 0.3 is 0 Å². The highest BCUT2D eigenvalue weighted by molar-refractivity contribution is 4.92. The van der Waals surface area contributed by atoms with Crippen molar-refractivity contribution in [1.82, 2.24) is 15.1 Å². The maximum atomic E-state index is 3.74. The minimum Gasteiger partial charge on any atom is -0.311 e. The maximum absolute atomic E-state index is 3.74. The zero-order valence-corrected chi connectivity index (χ0v) is 12.8. The zero-order valence-electron chi connectivity index (χ0n) is 12.8. The fraction of sp³-hybridized carbons (Fsp3) is 1.00. The van der Waals surface area contributed by atoms with Crippen LogP contribution in [0.25, 0.3) is 0 Å². The molecule has 3 nitrogen and oxygen atoms in total. The molecule has 0 saturated carbocycles. The standard InChI is InChI=1S/C16H31N3/c1-13(2)17-14-5-3-9-19(12-14)16-7-10-18-8-4-6-15(18)11-16/h13-17H,3-12H2,1-2H3. The summed E-state index contributed by atoms with van der Waals surface area (Å²) in [6.07, 6.45) is 8.50. The summed E-state index contributed by atoms with van der Waals surface area (Å²) < 4.78 is 0. The molecular formula is C16H31N3. The summed E-state index contributed by atoms with van der Waals surface area (Å²) in [6, 6.07) is 3.14. The molecule has 3 atom stereocenters. The van der Waals surface area contributed by atoms with Crippen molar-refractivity contribution in [3.63, 3.8) is 0 Å². The molecule has 3 rings (SSSR count). The molecule has 3 saturated heterocycles. The van der Waals surface area contributed by atoms with Gasteiger partial charge in [-0.15, -0.1) is 0 Å². The second-order valence-electron chi connectivity index (χ2n) is 7.17. The molecule has 0 amide bonds. The van der Waals surface area contributed by atoms with E-state index in [0.29, 0.717) is 6.04 Å². The predicted octanol–water partition coefficient (Wildman–Crippen LogP) is 2.08. The van der Waals surface area contributed by atoms with Crippen molar-refractivity contribution in [2.75, 3.05) is 26.2 Å². The molecule has 3 fully saturated rings. The fourth-order valence-electron chi connectivity index (χ4n) is 4.48. The van der Waals surface area contributed by atoms with E-state index in [1.807, 2.05) is 0 Å². The van der Waals surface area contributed by atoms with Crippen LogP contribution in [-0.2, 0) is 0 Å². The molecule has 0 aromatic carbocycles. The van der Waals surface area contributed by atoms with E-state index < -0.39 is 0 Å². The van der Waals surface area contributed by atoms with Gasteiger partial charge in [0.05, 0.1) is 0 Å². The van der Waals surface area contributed by atoms with Gasteiger partial charge in [-0.25, -0.2) is 0 Å². The second-order valence-corrected chi connectivity index (χ2v) is 7.17. The van der Waals surface area contributed by atoms with E-state index in [4.69, 9.17) is 0 Å². The molecule has 3 heterocycles. The van der Waals surface area contributed by atoms with Gasteiger partial charge in [0, 0.05) is 30.7 Å². The summed E-state index contributed by atoms with van der Waals surface area (Å²) in [7, 11) is 0. The third-order valence-corrected chi connectivity index (χ3v) is 5.33. The van der Waals surface area contributed by atoms with Gasteiger partial charge < -0.3 is 10.2 Å². The number of rotatable bonds is 3. The van der Waals surface area contributed by atoms with Crippen molar-refractivity contribution in [2.45, 2.75) is 76.5 Å². The Kier molecular flexibility index (Phi) is 4.45. The third kappa shape index (κ3) is 3.32. The van der Waals surface area contributed by atoms with E-state index >= 15 is 0 Å². The van der Waals surface area contributed by atoms with Crippen LogP contribution in [0.3, 0.4) is 0 Å². The molecule has 3 aliphatic heterocycles. The summed E-state index contributed by atoms with van der Waals surface area (Å²) in [5.74, 6) is 0. The molecule has 3 aliphatic rings. The first-order valence-electron chi connectivity index (χ1n) is 8.46. The largest absolute Gasteiger partial charge is 0.311 e. The van der Waals surface area contributed by atoms with Gasteiger partial charge in [-0.1, -0.05) is 13.8 Å². The van der Waals surface area contributed by atoms with Crippen LogP contribution in [0.15, 0.2) is 0 Å². The van der Waals surface area contributed by atoms with Crippen LogP contribution in [0.1, 0.15) is 52.4 Å². The van der Waals surface area contributed by atoms with E-state index in [2.05, 4.69) is 29.0 Å². The number of hydrogen-bond donors (Lipinski definition) is 1. The van der Waals surface area contributed by atoms with Gasteiger partial charge in [-0.2, -0.15) is 0 Å². The summed E-state index contributed by atoms with van der Waals surface area (Å²) in [6.45, 7) is 9.90. The molecule has 0 aliphatic carbocycles. The highest BCUT2D eigenvalue weighted by atomic mass is 15.2. The molecule has 110 valence electrons. The van der Waals surface area contributed by atoms with E-state index in [-0.39, 0.29) is 0 Å². The van der Waals surface area contributed by atoms with Crippen molar-refractivity contribution >= 4 is 0 Å². The van der Waals surface area contributed by atoms with Crippen LogP contribution in [0.2, 0.25) is 0 Å². The number of fused-ring (bicyclic) bond motifs is 1. The SMILES string of the molecule is CC(C)NC1CCCN(C2CCN3CCCC3C2)C1. The number of nitrogens with one attached hydrogen (secondary N) is 1. The first kappa shape index (κ1) is 13.8. The first-order chi connectivity index (χ1) is 9.22. The normalized spacial score (nSPS) is 37.7. The van der Waals surface area contributed by atoms with Gasteiger partial charge in [0.1, 0.15) is 0 Å². The number of nitrogens with zero attached hydrogens (tertiary/aromatic N) is 2. The van der Waals surface area contributed by atoms with Crippen LogP contribution in [0, 0.1) is 0 Å². The Morgan fingerprint density at radius 2 is 1.63 bits per heavy atom. The molecule has 0 spiro atoms. The quantitative estimate of drug-likeness (QED) is 0.843. The number of likely N-dealkylation sites (tertiary alicyclic amines) is 1. The Morgan fingerprint density at radius 3 is 2.47 bits per heavy atom. The third-order valence-electron chi connectivity index (χ3n) is 5.33. The van der Waals surface area contributed by atoms with Crippen molar-refractivity contribution in [2.24, 2.45) is 0 Å². The Morgan fingerprint density at radius 1 is 0.895 bits per heavy atom. The van der Waals surface area contributed by atoms with Gasteiger partial charge in [-0.05, 0) is 58.2 Å². The maximum Gasteiger partial charge on any atom is 0.0197 e. The molecule has 0 aromatic rings. The Hall–Kier alpha value is -0.120. The van der Waals surface area contributed by atoms with Crippen LogP contribution in [-0.4, -0.2) is 60.1 Å². The van der Waals surface area contributed by atoms with Gasteiger partial charge in [0.15, 0.2) is 0 Å². The number of piperidine rings is 2. The highest BCUT2D eigenvalue weighted by Crippen LogP contribution is 2.30. The van der Waals surface area contributed by atoms with Crippen molar-refractivity contribution < 1.29 is 0 Å². The van der Waals surface area contributed by atoms with Gasteiger partial charge in [0.2, 0.25) is 0 Å².